The molecular formula is C10H13N3O4. The van der Waals surface area contributed by atoms with Gasteiger partial charge in [0.05, 0.1) is 19.0 Å². The van der Waals surface area contributed by atoms with Gasteiger partial charge in [0.25, 0.3) is 0 Å². The topological polar surface area (TPSA) is 101 Å². The second kappa shape index (κ2) is 5.69. The lowest BCUT2D eigenvalue weighted by molar-refractivity contribution is -0.138. The molecule has 0 fully saturated rings. The van der Waals surface area contributed by atoms with E-state index in [1.807, 2.05) is 0 Å². The lowest BCUT2D eigenvalue weighted by Gasteiger charge is -2.10. The number of anilines is 1. The van der Waals surface area contributed by atoms with E-state index in [2.05, 4.69) is 15.6 Å². The van der Waals surface area contributed by atoms with Crippen LogP contribution in [-0.4, -0.2) is 35.2 Å². The third-order valence-electron chi connectivity index (χ3n) is 1.92. The van der Waals surface area contributed by atoms with Crippen molar-refractivity contribution < 1.29 is 19.4 Å². The van der Waals surface area contributed by atoms with Gasteiger partial charge in [0, 0.05) is 6.07 Å². The van der Waals surface area contributed by atoms with Gasteiger partial charge >= 0.3 is 12.0 Å². The Hall–Kier alpha value is -2.31. The zero-order valence-corrected chi connectivity index (χ0v) is 9.43. The van der Waals surface area contributed by atoms with Crippen LogP contribution in [0.1, 0.15) is 6.92 Å². The first-order chi connectivity index (χ1) is 8.02. The van der Waals surface area contributed by atoms with Gasteiger partial charge in [-0.15, -0.1) is 0 Å². The number of hydrogen-bond donors (Lipinski definition) is 3. The highest BCUT2D eigenvalue weighted by atomic mass is 16.5. The van der Waals surface area contributed by atoms with E-state index in [9.17, 15) is 9.59 Å². The van der Waals surface area contributed by atoms with Crippen molar-refractivity contribution in [2.75, 3.05) is 12.4 Å². The maximum Gasteiger partial charge on any atom is 0.325 e. The molecule has 0 saturated heterocycles. The van der Waals surface area contributed by atoms with Crippen molar-refractivity contribution in [2.24, 2.45) is 0 Å². The minimum absolute atomic E-state index is 0.426. The van der Waals surface area contributed by atoms with Gasteiger partial charge in [-0.25, -0.2) is 9.78 Å². The highest BCUT2D eigenvalue weighted by molar-refractivity contribution is 5.91. The van der Waals surface area contributed by atoms with Crippen LogP contribution in [-0.2, 0) is 4.79 Å². The summed E-state index contributed by atoms with van der Waals surface area (Å²) in [6, 6.07) is 1.61. The van der Waals surface area contributed by atoms with Gasteiger partial charge in [0.1, 0.15) is 6.04 Å². The summed E-state index contributed by atoms with van der Waals surface area (Å²) in [7, 11) is 1.48. The number of pyridine rings is 1. The van der Waals surface area contributed by atoms with Gasteiger partial charge in [0.2, 0.25) is 5.88 Å². The molecule has 1 aromatic heterocycles. The maximum absolute atomic E-state index is 11.3. The van der Waals surface area contributed by atoms with E-state index >= 15 is 0 Å². The van der Waals surface area contributed by atoms with E-state index in [0.29, 0.717) is 11.6 Å². The number of carboxylic acid groups (broad SMARTS) is 1. The molecule has 0 aliphatic carbocycles. The SMILES string of the molecule is COc1ccc(NC(=O)NC(C)C(=O)O)cn1. The number of rotatable bonds is 4. The standard InChI is InChI=1S/C10H13N3O4/c1-6(9(14)15)12-10(16)13-7-3-4-8(17-2)11-5-7/h3-6H,1-2H3,(H,14,15)(H2,12,13,16). The molecule has 1 atom stereocenters. The molecule has 0 bridgehead atoms. The number of nitrogens with zero attached hydrogens (tertiary/aromatic N) is 1. The van der Waals surface area contributed by atoms with Gasteiger partial charge in [-0.1, -0.05) is 0 Å². The van der Waals surface area contributed by atoms with Crippen molar-refractivity contribution >= 4 is 17.7 Å². The number of aromatic nitrogens is 1. The van der Waals surface area contributed by atoms with E-state index < -0.39 is 18.0 Å². The van der Waals surface area contributed by atoms with Gasteiger partial charge in [-0.3, -0.25) is 4.79 Å². The predicted octanol–water partition coefficient (Wildman–Crippen LogP) is 0.685. The van der Waals surface area contributed by atoms with Crippen LogP contribution < -0.4 is 15.4 Å². The molecule has 7 heteroatoms. The minimum Gasteiger partial charge on any atom is -0.481 e. The molecule has 3 N–H and O–H groups in total. The number of methoxy groups -OCH3 is 1. The van der Waals surface area contributed by atoms with Crippen LogP contribution in [0.3, 0.4) is 0 Å². The van der Waals surface area contributed by atoms with Crippen LogP contribution in [0.25, 0.3) is 0 Å². The summed E-state index contributed by atoms with van der Waals surface area (Å²) in [6.45, 7) is 1.37. The second-order valence-electron chi connectivity index (χ2n) is 3.25. The van der Waals surface area contributed by atoms with Crippen LogP contribution in [0.2, 0.25) is 0 Å². The Bertz CT molecular complexity index is 405. The fourth-order valence-electron chi connectivity index (χ4n) is 1.00. The van der Waals surface area contributed by atoms with Gasteiger partial charge in [-0.2, -0.15) is 0 Å². The van der Waals surface area contributed by atoms with Crippen molar-refractivity contribution in [3.05, 3.63) is 18.3 Å². The summed E-state index contributed by atoms with van der Waals surface area (Å²) in [5.41, 5.74) is 0.445. The third-order valence-corrected chi connectivity index (χ3v) is 1.92. The zero-order chi connectivity index (χ0) is 12.8. The first-order valence-electron chi connectivity index (χ1n) is 4.83. The predicted molar refractivity (Wildman–Crippen MR) is 60.0 cm³/mol. The Kier molecular flexibility index (Phi) is 4.27. The summed E-state index contributed by atoms with van der Waals surface area (Å²) in [5, 5.41) is 13.3. The monoisotopic (exact) mass is 239 g/mol. The molecule has 0 radical (unpaired) electrons. The number of hydrogen-bond acceptors (Lipinski definition) is 4. The van der Waals surface area contributed by atoms with Gasteiger partial charge in [-0.05, 0) is 13.0 Å². The number of carboxylic acids is 1. The average Bonchev–Trinajstić information content (AvgIpc) is 2.29. The van der Waals surface area contributed by atoms with Crippen molar-refractivity contribution in [1.29, 1.82) is 0 Å². The van der Waals surface area contributed by atoms with Crippen LogP contribution in [0, 0.1) is 0 Å². The van der Waals surface area contributed by atoms with Crippen molar-refractivity contribution in [3.63, 3.8) is 0 Å². The van der Waals surface area contributed by atoms with E-state index in [-0.39, 0.29) is 0 Å². The summed E-state index contributed by atoms with van der Waals surface area (Å²) >= 11 is 0. The minimum atomic E-state index is -1.10. The number of amides is 2. The number of urea groups is 1. The molecule has 92 valence electrons. The number of aliphatic carboxylic acids is 1. The first-order valence-corrected chi connectivity index (χ1v) is 4.83. The maximum atomic E-state index is 11.3. The van der Waals surface area contributed by atoms with E-state index in [0.717, 1.165) is 0 Å². The molecule has 0 spiro atoms. The Morgan fingerprint density at radius 2 is 2.18 bits per heavy atom. The summed E-state index contributed by atoms with van der Waals surface area (Å²) in [5.74, 6) is -0.678. The number of carbonyl (C=O) groups excluding carboxylic acids is 1. The summed E-state index contributed by atoms with van der Waals surface area (Å²) in [4.78, 5) is 25.7. The van der Waals surface area contributed by atoms with Crippen molar-refractivity contribution in [3.8, 4) is 5.88 Å². The number of ether oxygens (including phenoxy) is 1. The Morgan fingerprint density at radius 1 is 1.47 bits per heavy atom. The Morgan fingerprint density at radius 3 is 2.65 bits per heavy atom. The number of nitrogens with one attached hydrogen (secondary N) is 2. The van der Waals surface area contributed by atoms with Gasteiger partial charge in [0.15, 0.2) is 0 Å². The first kappa shape index (κ1) is 12.8. The summed E-state index contributed by atoms with van der Waals surface area (Å²) < 4.78 is 4.85. The zero-order valence-electron chi connectivity index (χ0n) is 9.43. The molecule has 17 heavy (non-hydrogen) atoms. The quantitative estimate of drug-likeness (QED) is 0.717. The molecule has 1 heterocycles. The van der Waals surface area contributed by atoms with E-state index in [1.54, 1.807) is 12.1 Å². The van der Waals surface area contributed by atoms with Crippen molar-refractivity contribution in [2.45, 2.75) is 13.0 Å². The lowest BCUT2D eigenvalue weighted by Crippen LogP contribution is -2.40. The fourth-order valence-corrected chi connectivity index (χ4v) is 1.00. The normalized spacial score (nSPS) is 11.4. The number of carbonyl (C=O) groups is 2. The molecule has 7 nitrogen and oxygen atoms in total. The smallest absolute Gasteiger partial charge is 0.325 e. The summed E-state index contributed by atoms with van der Waals surface area (Å²) in [6.07, 6.45) is 1.41. The van der Waals surface area contributed by atoms with Crippen LogP contribution in [0.4, 0.5) is 10.5 Å². The van der Waals surface area contributed by atoms with Crippen molar-refractivity contribution in [1.82, 2.24) is 10.3 Å². The van der Waals surface area contributed by atoms with Crippen LogP contribution in [0.5, 0.6) is 5.88 Å². The van der Waals surface area contributed by atoms with Crippen LogP contribution >= 0.6 is 0 Å². The third kappa shape index (κ3) is 3.98. The molecule has 0 saturated carbocycles. The highest BCUT2D eigenvalue weighted by Gasteiger charge is 2.13. The Balaban J connectivity index is 2.53. The molecule has 1 rings (SSSR count). The molecule has 0 aliphatic heterocycles. The molecular weight excluding hydrogens is 226 g/mol. The fraction of sp³-hybridized carbons (Fsp3) is 0.300. The molecule has 1 unspecified atom stereocenters. The Labute approximate surface area is 97.8 Å². The highest BCUT2D eigenvalue weighted by Crippen LogP contribution is 2.10. The van der Waals surface area contributed by atoms with E-state index in [1.165, 1.54) is 20.2 Å². The van der Waals surface area contributed by atoms with E-state index in [4.69, 9.17) is 9.84 Å². The molecule has 2 amide bonds. The molecule has 0 aromatic carbocycles. The molecule has 1 aromatic rings. The van der Waals surface area contributed by atoms with Gasteiger partial charge < -0.3 is 20.5 Å². The lowest BCUT2D eigenvalue weighted by atomic mass is 10.3. The molecule has 0 aliphatic rings. The van der Waals surface area contributed by atoms with Crippen LogP contribution in [0.15, 0.2) is 18.3 Å². The largest absolute Gasteiger partial charge is 0.481 e. The average molecular weight is 239 g/mol. The second-order valence-corrected chi connectivity index (χ2v) is 3.25.